The van der Waals surface area contributed by atoms with Gasteiger partial charge in [-0.15, -0.1) is 6.58 Å². The van der Waals surface area contributed by atoms with Crippen molar-refractivity contribution in [2.45, 2.75) is 73.9 Å². The van der Waals surface area contributed by atoms with Gasteiger partial charge in [0, 0.05) is 24.1 Å². The number of halogens is 1. The number of carbonyl (C=O) groups is 2. The van der Waals surface area contributed by atoms with Gasteiger partial charge in [-0.2, -0.15) is 4.98 Å². The number of imidazole rings is 1. The normalized spacial score (nSPS) is 25.8. The first-order valence-electron chi connectivity index (χ1n) is 17.8. The minimum absolute atomic E-state index is 0.0162. The van der Waals surface area contributed by atoms with Crippen LogP contribution in [0.4, 0.5) is 11.6 Å². The van der Waals surface area contributed by atoms with Crippen molar-refractivity contribution >= 4 is 61.7 Å². The van der Waals surface area contributed by atoms with Gasteiger partial charge in [0.05, 0.1) is 19.5 Å². The number of phosphoric acid groups is 1. The number of aliphatic hydroxyl groups is 2. The molecule has 10 N–H and O–H groups in total. The topological polar surface area (TPSA) is 358 Å². The van der Waals surface area contributed by atoms with Crippen molar-refractivity contribution in [3.05, 3.63) is 82.9 Å². The zero-order valence-corrected chi connectivity index (χ0v) is 33.6. The van der Waals surface area contributed by atoms with Crippen LogP contribution in [0.5, 0.6) is 0 Å². The zero-order chi connectivity index (χ0) is 43.5. The predicted molar refractivity (Wildman–Crippen MR) is 206 cm³/mol. The SMILES string of the molecule is C=CCCC(=O)N[C@@H](Cc1ccc(Cl)cc1)C(=O)O[C@H]1[C@@H](O)[C@H](n2cnc3c(N)ncnc32)O[C@@H]1COP(=O)(O)[C@H]1[C@@H](O)[C@H](n2ccc(N)nc2=O)O[C@@H]1COP(=O)(O)O. The van der Waals surface area contributed by atoms with Gasteiger partial charge in [0.1, 0.15) is 53.8 Å². The summed E-state index contributed by atoms with van der Waals surface area (Å²) >= 11 is 6.04. The summed E-state index contributed by atoms with van der Waals surface area (Å²) in [5.74, 6) is -1.79. The maximum Gasteiger partial charge on any atom is 0.469 e. The number of benzene rings is 1. The third-order valence-corrected chi connectivity index (χ3v) is 12.1. The van der Waals surface area contributed by atoms with Gasteiger partial charge >= 0.3 is 27.1 Å². The van der Waals surface area contributed by atoms with E-state index in [9.17, 15) is 48.4 Å². The molecule has 60 heavy (non-hydrogen) atoms. The minimum atomic E-state index is -5.28. The standard InChI is InChI=1S/C33H40ClN9O15P2/c1-2-3-4-22(44)40-18(11-16-5-7-17(34)8-6-16)32(47)58-26-19(56-30(24(26)45)43-15-39-23-28(36)37-14-38-29(23)43)12-54-59(49,50)27-20(13-55-60(51,52)53)57-31(25(27)46)42-10-9-21(35)41-33(42)48/h2,5-10,14-15,18-20,24-27,30-31,45-46H,1,3-4,11-13H2,(H,40,44)(H,49,50)(H2,35,41,48)(H2,36,37,38)(H2,51,52,53)/t18-,19+,20+,24+,25+,26+,27+,30+,31+/m0/s1. The van der Waals surface area contributed by atoms with Crippen molar-refractivity contribution in [2.75, 3.05) is 24.7 Å². The quantitative estimate of drug-likeness (QED) is 0.0383. The average molecular weight is 900 g/mol. The smallest absolute Gasteiger partial charge is 0.455 e. The Labute approximate surface area is 343 Å². The molecule has 0 spiro atoms. The molecule has 0 radical (unpaired) electrons. The van der Waals surface area contributed by atoms with Crippen LogP contribution in [-0.2, 0) is 48.4 Å². The van der Waals surface area contributed by atoms with Crippen LogP contribution < -0.4 is 22.5 Å². The number of nitrogen functional groups attached to an aromatic ring is 2. The number of allylic oxidation sites excluding steroid dienone is 1. The number of rotatable bonds is 17. The number of hydrogen-bond donors (Lipinski definition) is 8. The molecule has 5 heterocycles. The highest BCUT2D eigenvalue weighted by Crippen LogP contribution is 2.56. The highest BCUT2D eigenvalue weighted by molar-refractivity contribution is 7.53. The summed E-state index contributed by atoms with van der Waals surface area (Å²) in [6.45, 7) is 1.57. The molecule has 4 aromatic rings. The molecule has 324 valence electrons. The fraction of sp³-hybridized carbons (Fsp3) is 0.424. The van der Waals surface area contributed by atoms with E-state index in [4.69, 9.17) is 41.8 Å². The number of fused-ring (bicyclic) bond motifs is 1. The van der Waals surface area contributed by atoms with Crippen LogP contribution >= 0.6 is 27.0 Å². The van der Waals surface area contributed by atoms with Gasteiger partial charge in [-0.1, -0.05) is 29.8 Å². The molecule has 27 heteroatoms. The van der Waals surface area contributed by atoms with Crippen molar-refractivity contribution in [1.82, 2.24) is 34.4 Å². The zero-order valence-electron chi connectivity index (χ0n) is 31.1. The van der Waals surface area contributed by atoms with E-state index in [1.54, 1.807) is 24.3 Å². The summed E-state index contributed by atoms with van der Waals surface area (Å²) in [5, 5.41) is 26.1. The highest BCUT2D eigenvalue weighted by Gasteiger charge is 2.56. The number of nitrogens with one attached hydrogen (secondary N) is 1. The van der Waals surface area contributed by atoms with Crippen LogP contribution in [0, 0.1) is 0 Å². The molecular formula is C33H40ClN9O15P2. The van der Waals surface area contributed by atoms with E-state index in [1.165, 1.54) is 17.0 Å². The van der Waals surface area contributed by atoms with Crippen molar-refractivity contribution in [2.24, 2.45) is 0 Å². The number of ether oxygens (including phenoxy) is 3. The molecule has 0 aliphatic carbocycles. The Balaban J connectivity index is 1.30. The van der Waals surface area contributed by atoms with Crippen LogP contribution in [0.3, 0.4) is 0 Å². The number of aliphatic hydroxyl groups excluding tert-OH is 2. The molecular weight excluding hydrogens is 860 g/mol. The van der Waals surface area contributed by atoms with Gasteiger partial charge < -0.3 is 60.4 Å². The summed E-state index contributed by atoms with van der Waals surface area (Å²) < 4.78 is 55.2. The summed E-state index contributed by atoms with van der Waals surface area (Å²) in [6, 6.07) is 6.22. The van der Waals surface area contributed by atoms with E-state index in [0.717, 1.165) is 23.2 Å². The van der Waals surface area contributed by atoms with Gasteiger partial charge in [-0.25, -0.2) is 29.1 Å². The van der Waals surface area contributed by atoms with Crippen LogP contribution in [0.1, 0.15) is 30.9 Å². The lowest BCUT2D eigenvalue weighted by atomic mass is 10.0. The molecule has 0 saturated carbocycles. The molecule has 2 aliphatic heterocycles. The number of carbonyl (C=O) groups excluding carboxylic acids is 2. The van der Waals surface area contributed by atoms with E-state index in [1.807, 2.05) is 0 Å². The van der Waals surface area contributed by atoms with Crippen LogP contribution in [0.2, 0.25) is 5.02 Å². The Morgan fingerprint density at radius 3 is 2.35 bits per heavy atom. The largest absolute Gasteiger partial charge is 0.469 e. The number of anilines is 2. The summed E-state index contributed by atoms with van der Waals surface area (Å²) in [7, 11) is -10.5. The predicted octanol–water partition coefficient (Wildman–Crippen LogP) is -0.297. The lowest BCUT2D eigenvalue weighted by molar-refractivity contribution is -0.160. The van der Waals surface area contributed by atoms with Crippen LogP contribution in [-0.4, -0.2) is 121 Å². The third kappa shape index (κ3) is 10.3. The molecule has 1 unspecified atom stereocenters. The number of nitrogens with zero attached hydrogens (tertiary/aromatic N) is 6. The van der Waals surface area contributed by atoms with E-state index < -0.39 is 101 Å². The van der Waals surface area contributed by atoms with Crippen molar-refractivity contribution in [3.8, 4) is 0 Å². The van der Waals surface area contributed by atoms with Gasteiger partial charge in [-0.05, 0) is 30.2 Å². The average Bonchev–Trinajstić information content (AvgIpc) is 3.86. The van der Waals surface area contributed by atoms with Crippen molar-refractivity contribution in [3.63, 3.8) is 0 Å². The summed E-state index contributed by atoms with van der Waals surface area (Å²) in [4.78, 5) is 85.3. The number of phosphoric ester groups is 1. The lowest BCUT2D eigenvalue weighted by Gasteiger charge is -2.27. The van der Waals surface area contributed by atoms with E-state index >= 15 is 0 Å². The minimum Gasteiger partial charge on any atom is -0.455 e. The highest BCUT2D eigenvalue weighted by atomic mass is 35.5. The van der Waals surface area contributed by atoms with E-state index in [0.29, 0.717) is 17.0 Å². The molecule has 1 amide bonds. The van der Waals surface area contributed by atoms with Crippen molar-refractivity contribution in [1.29, 1.82) is 0 Å². The monoisotopic (exact) mass is 899 g/mol. The summed E-state index contributed by atoms with van der Waals surface area (Å²) in [6.07, 6.45) is -7.08. The summed E-state index contributed by atoms with van der Waals surface area (Å²) in [5.41, 5.74) is 9.18. The van der Waals surface area contributed by atoms with Crippen molar-refractivity contribution < 1.29 is 66.9 Å². The maximum absolute atomic E-state index is 14.1. The number of nitrogens with two attached hydrogens (primary N) is 2. The fourth-order valence-electron chi connectivity index (χ4n) is 6.61. The molecule has 2 fully saturated rings. The Morgan fingerprint density at radius 1 is 0.983 bits per heavy atom. The Hall–Kier alpha value is -4.68. The Bertz CT molecular complexity index is 2370. The molecule has 6 rings (SSSR count). The number of amides is 1. The number of aromatic nitrogens is 6. The second kappa shape index (κ2) is 18.5. The Kier molecular flexibility index (Phi) is 13.8. The van der Waals surface area contributed by atoms with Crippen LogP contribution in [0.15, 0.2) is 66.6 Å². The molecule has 10 atom stereocenters. The first-order valence-corrected chi connectivity index (χ1v) is 21.4. The lowest BCUT2D eigenvalue weighted by Crippen LogP contribution is -2.47. The third-order valence-electron chi connectivity index (χ3n) is 9.44. The maximum atomic E-state index is 14.1. The molecule has 2 aliphatic rings. The van der Waals surface area contributed by atoms with Gasteiger partial charge in [0.15, 0.2) is 30.0 Å². The molecule has 0 bridgehead atoms. The van der Waals surface area contributed by atoms with Gasteiger partial charge in [-0.3, -0.25) is 23.0 Å². The molecule has 3 aromatic heterocycles. The second-order valence-corrected chi connectivity index (χ2v) is 17.2. The second-order valence-electron chi connectivity index (χ2n) is 13.6. The van der Waals surface area contributed by atoms with E-state index in [-0.39, 0.29) is 35.6 Å². The number of esters is 1. The first-order chi connectivity index (χ1) is 28.4. The molecule has 1 aromatic carbocycles. The fourth-order valence-corrected chi connectivity index (χ4v) is 8.72. The van der Waals surface area contributed by atoms with E-state index in [2.05, 4.69) is 36.4 Å². The Morgan fingerprint density at radius 2 is 1.67 bits per heavy atom. The number of hydrogen-bond acceptors (Lipinski definition) is 18. The first kappa shape index (κ1) is 44.9. The molecule has 2 saturated heterocycles. The molecule has 24 nitrogen and oxygen atoms in total. The van der Waals surface area contributed by atoms with Crippen LogP contribution in [0.25, 0.3) is 11.2 Å². The van der Waals surface area contributed by atoms with Gasteiger partial charge in [0.25, 0.3) is 0 Å². The van der Waals surface area contributed by atoms with Gasteiger partial charge in [0.2, 0.25) is 5.91 Å².